The number of hydrogen-bond acceptors (Lipinski definition) is 5. The molecular formula is C15H17N3O2S. The first-order valence-electron chi connectivity index (χ1n) is 7.46. The lowest BCUT2D eigenvalue weighted by molar-refractivity contribution is -0.133. The summed E-state index contributed by atoms with van der Waals surface area (Å²) in [7, 11) is 0. The highest BCUT2D eigenvalue weighted by Gasteiger charge is 2.36. The molecule has 0 N–H and O–H groups in total. The Kier molecular flexibility index (Phi) is 3.25. The van der Waals surface area contributed by atoms with Gasteiger partial charge in [0.2, 0.25) is 17.7 Å². The van der Waals surface area contributed by atoms with E-state index in [0.29, 0.717) is 17.7 Å². The molecule has 0 radical (unpaired) electrons. The van der Waals surface area contributed by atoms with Crippen LogP contribution < -0.4 is 0 Å². The number of amides is 1. The first-order chi connectivity index (χ1) is 10.3. The predicted molar refractivity (Wildman–Crippen MR) is 78.9 cm³/mol. The van der Waals surface area contributed by atoms with Crippen LogP contribution in [0.1, 0.15) is 37.5 Å². The highest BCUT2D eigenvalue weighted by Crippen LogP contribution is 2.34. The first kappa shape index (κ1) is 13.0. The molecule has 1 unspecified atom stereocenters. The minimum absolute atomic E-state index is 0.182. The van der Waals surface area contributed by atoms with Crippen molar-refractivity contribution in [3.05, 3.63) is 22.7 Å². The van der Waals surface area contributed by atoms with Crippen LogP contribution in [0.2, 0.25) is 0 Å². The fraction of sp³-hybridized carbons (Fsp3) is 0.533. The van der Waals surface area contributed by atoms with Crippen molar-refractivity contribution in [2.45, 2.75) is 31.6 Å². The SMILES string of the molecule is O=C(C1CC1)N1CCCC(c2nnc(-c3ccsc3)o2)C1. The van der Waals surface area contributed by atoms with Gasteiger partial charge in [-0.25, -0.2) is 0 Å². The van der Waals surface area contributed by atoms with Gasteiger partial charge in [0, 0.05) is 30.0 Å². The normalized spacial score (nSPS) is 22.5. The van der Waals surface area contributed by atoms with Gasteiger partial charge in [0.15, 0.2) is 0 Å². The third-order valence-corrected chi connectivity index (χ3v) is 4.90. The lowest BCUT2D eigenvalue weighted by Gasteiger charge is -2.31. The fourth-order valence-corrected chi connectivity index (χ4v) is 3.50. The average Bonchev–Trinajstić information content (AvgIpc) is 3.03. The highest BCUT2D eigenvalue weighted by atomic mass is 32.1. The molecule has 3 heterocycles. The third kappa shape index (κ3) is 2.60. The summed E-state index contributed by atoms with van der Waals surface area (Å²) in [5.74, 6) is 2.04. The lowest BCUT2D eigenvalue weighted by Crippen LogP contribution is -2.40. The topological polar surface area (TPSA) is 59.2 Å². The molecule has 0 bridgehead atoms. The molecule has 2 fully saturated rings. The van der Waals surface area contributed by atoms with Gasteiger partial charge in [0.1, 0.15) is 0 Å². The summed E-state index contributed by atoms with van der Waals surface area (Å²) in [6.45, 7) is 1.60. The number of rotatable bonds is 3. The number of hydrogen-bond donors (Lipinski definition) is 0. The van der Waals surface area contributed by atoms with Crippen LogP contribution in [-0.2, 0) is 4.79 Å². The van der Waals surface area contributed by atoms with Crippen molar-refractivity contribution in [1.29, 1.82) is 0 Å². The van der Waals surface area contributed by atoms with Crippen LogP contribution in [-0.4, -0.2) is 34.1 Å². The maximum Gasteiger partial charge on any atom is 0.248 e. The second kappa shape index (κ2) is 5.26. The monoisotopic (exact) mass is 303 g/mol. The van der Waals surface area contributed by atoms with Gasteiger partial charge in [-0.2, -0.15) is 11.3 Å². The molecule has 2 aliphatic rings. The van der Waals surface area contributed by atoms with Gasteiger partial charge in [-0.1, -0.05) is 0 Å². The van der Waals surface area contributed by atoms with Crippen LogP contribution in [0.3, 0.4) is 0 Å². The van der Waals surface area contributed by atoms with Crippen molar-refractivity contribution in [3.8, 4) is 11.5 Å². The van der Waals surface area contributed by atoms with Gasteiger partial charge in [0.05, 0.1) is 5.92 Å². The average molecular weight is 303 g/mol. The van der Waals surface area contributed by atoms with E-state index in [1.807, 2.05) is 21.7 Å². The van der Waals surface area contributed by atoms with Crippen molar-refractivity contribution < 1.29 is 9.21 Å². The van der Waals surface area contributed by atoms with Crippen LogP contribution in [0.25, 0.3) is 11.5 Å². The summed E-state index contributed by atoms with van der Waals surface area (Å²) in [6, 6.07) is 1.98. The van der Waals surface area contributed by atoms with E-state index in [1.54, 1.807) is 11.3 Å². The van der Waals surface area contributed by atoms with Crippen LogP contribution >= 0.6 is 11.3 Å². The van der Waals surface area contributed by atoms with E-state index in [2.05, 4.69) is 10.2 Å². The number of nitrogens with zero attached hydrogens (tertiary/aromatic N) is 3. The summed E-state index contributed by atoms with van der Waals surface area (Å²) >= 11 is 1.61. The summed E-state index contributed by atoms with van der Waals surface area (Å²) < 4.78 is 5.82. The summed E-state index contributed by atoms with van der Waals surface area (Å²) in [5.41, 5.74) is 0.973. The van der Waals surface area contributed by atoms with Crippen molar-refractivity contribution in [1.82, 2.24) is 15.1 Å². The van der Waals surface area contributed by atoms with E-state index >= 15 is 0 Å². The van der Waals surface area contributed by atoms with E-state index in [4.69, 9.17) is 4.42 Å². The van der Waals surface area contributed by atoms with E-state index in [-0.39, 0.29) is 11.8 Å². The Balaban J connectivity index is 1.49. The van der Waals surface area contributed by atoms with Gasteiger partial charge >= 0.3 is 0 Å². The Morgan fingerprint density at radius 2 is 2.24 bits per heavy atom. The standard InChI is InChI=1S/C15H17N3O2S/c19-15(10-3-4-10)18-6-1-2-11(8-18)13-16-17-14(20-13)12-5-7-21-9-12/h5,7,9-11H,1-4,6,8H2. The molecule has 1 aliphatic heterocycles. The minimum atomic E-state index is 0.182. The molecule has 2 aromatic heterocycles. The Hall–Kier alpha value is -1.69. The van der Waals surface area contributed by atoms with Crippen LogP contribution in [0.5, 0.6) is 0 Å². The number of carbonyl (C=O) groups is 1. The van der Waals surface area contributed by atoms with Gasteiger partial charge in [0.25, 0.3) is 0 Å². The molecule has 0 aromatic carbocycles. The molecule has 1 saturated heterocycles. The molecule has 1 aliphatic carbocycles. The zero-order valence-corrected chi connectivity index (χ0v) is 12.5. The van der Waals surface area contributed by atoms with Crippen molar-refractivity contribution >= 4 is 17.2 Å². The number of likely N-dealkylation sites (tertiary alicyclic amines) is 1. The van der Waals surface area contributed by atoms with Crippen molar-refractivity contribution in [3.63, 3.8) is 0 Å². The first-order valence-corrected chi connectivity index (χ1v) is 8.40. The molecule has 1 saturated carbocycles. The van der Waals surface area contributed by atoms with Gasteiger partial charge < -0.3 is 9.32 Å². The quantitative estimate of drug-likeness (QED) is 0.874. The maximum absolute atomic E-state index is 12.2. The number of carbonyl (C=O) groups excluding carboxylic acids is 1. The van der Waals surface area contributed by atoms with Crippen LogP contribution in [0, 0.1) is 5.92 Å². The van der Waals surface area contributed by atoms with Gasteiger partial charge in [-0.3, -0.25) is 4.79 Å². The number of piperidine rings is 1. The third-order valence-electron chi connectivity index (χ3n) is 4.22. The van der Waals surface area contributed by atoms with E-state index in [0.717, 1.165) is 44.3 Å². The molecule has 0 spiro atoms. The van der Waals surface area contributed by atoms with Crippen molar-refractivity contribution in [2.24, 2.45) is 5.92 Å². The van der Waals surface area contributed by atoms with Crippen LogP contribution in [0.4, 0.5) is 0 Å². The van der Waals surface area contributed by atoms with E-state index in [1.165, 1.54) is 0 Å². The Labute approximate surface area is 127 Å². The molecule has 6 heteroatoms. The molecule has 21 heavy (non-hydrogen) atoms. The zero-order chi connectivity index (χ0) is 14.2. The summed E-state index contributed by atoms with van der Waals surface area (Å²) in [4.78, 5) is 14.2. The van der Waals surface area contributed by atoms with Gasteiger partial charge in [-0.15, -0.1) is 10.2 Å². The molecule has 1 amide bonds. The fourth-order valence-electron chi connectivity index (χ4n) is 2.87. The second-order valence-corrected chi connectivity index (χ2v) is 6.64. The van der Waals surface area contributed by atoms with Crippen molar-refractivity contribution in [2.75, 3.05) is 13.1 Å². The summed E-state index contributed by atoms with van der Waals surface area (Å²) in [5, 5.41) is 12.3. The van der Waals surface area contributed by atoms with E-state index in [9.17, 15) is 4.79 Å². The Morgan fingerprint density at radius 3 is 3.00 bits per heavy atom. The zero-order valence-electron chi connectivity index (χ0n) is 11.7. The Bertz CT molecular complexity index is 633. The number of thiophene rings is 1. The summed E-state index contributed by atoms with van der Waals surface area (Å²) in [6.07, 6.45) is 4.14. The number of aromatic nitrogens is 2. The second-order valence-electron chi connectivity index (χ2n) is 5.86. The maximum atomic E-state index is 12.2. The lowest BCUT2D eigenvalue weighted by atomic mass is 9.97. The molecule has 4 rings (SSSR count). The molecule has 5 nitrogen and oxygen atoms in total. The molecular weight excluding hydrogens is 286 g/mol. The Morgan fingerprint density at radius 1 is 1.33 bits per heavy atom. The van der Waals surface area contributed by atoms with E-state index < -0.39 is 0 Å². The highest BCUT2D eigenvalue weighted by molar-refractivity contribution is 7.08. The largest absolute Gasteiger partial charge is 0.420 e. The smallest absolute Gasteiger partial charge is 0.248 e. The molecule has 2 aromatic rings. The minimum Gasteiger partial charge on any atom is -0.420 e. The molecule has 1 atom stereocenters. The molecule has 110 valence electrons. The van der Waals surface area contributed by atoms with Crippen LogP contribution in [0.15, 0.2) is 21.2 Å². The predicted octanol–water partition coefficient (Wildman–Crippen LogP) is 2.91. The van der Waals surface area contributed by atoms with Gasteiger partial charge in [-0.05, 0) is 37.1 Å².